The Morgan fingerprint density at radius 2 is 1.80 bits per heavy atom. The van der Waals surface area contributed by atoms with E-state index >= 15 is 0 Å². The lowest BCUT2D eigenvalue weighted by Crippen LogP contribution is -2.13. The monoisotopic (exact) mass is 292 g/mol. The van der Waals surface area contributed by atoms with Gasteiger partial charge >= 0.3 is 18.1 Å². The van der Waals surface area contributed by atoms with Crippen LogP contribution in [0.4, 0.5) is 19.0 Å². The number of hydrogen-bond donors (Lipinski definition) is 4. The zero-order valence-corrected chi connectivity index (χ0v) is 9.47. The molecule has 0 saturated carbocycles. The first-order valence-corrected chi connectivity index (χ1v) is 4.82. The van der Waals surface area contributed by atoms with E-state index < -0.39 is 40.8 Å². The number of aliphatic carboxylic acids is 2. The fourth-order valence-electron chi connectivity index (χ4n) is 1.07. The molecule has 0 aromatic carbocycles. The zero-order valence-electron chi connectivity index (χ0n) is 9.47. The van der Waals surface area contributed by atoms with E-state index in [1.807, 2.05) is 5.32 Å². The number of nitrogens with zero attached hydrogens (tertiary/aromatic N) is 1. The van der Waals surface area contributed by atoms with Crippen molar-refractivity contribution in [1.29, 1.82) is 0 Å². The van der Waals surface area contributed by atoms with Gasteiger partial charge in [-0.2, -0.15) is 13.2 Å². The van der Waals surface area contributed by atoms with Crippen LogP contribution in [-0.4, -0.2) is 32.2 Å². The summed E-state index contributed by atoms with van der Waals surface area (Å²) < 4.78 is 36.9. The molecule has 7 nitrogen and oxygen atoms in total. The van der Waals surface area contributed by atoms with Gasteiger partial charge in [-0.25, -0.2) is 14.6 Å². The fraction of sp³-hybridized carbons (Fsp3) is 0.100. The summed E-state index contributed by atoms with van der Waals surface area (Å²) in [6.07, 6.45) is -3.82. The van der Waals surface area contributed by atoms with E-state index in [-0.39, 0.29) is 0 Å². The molecule has 0 bridgehead atoms. The number of alkyl halides is 3. The Bertz CT molecular complexity index is 567. The highest BCUT2D eigenvalue weighted by atomic mass is 19.4. The minimum atomic E-state index is -4.70. The van der Waals surface area contributed by atoms with Gasteiger partial charge in [-0.3, -0.25) is 0 Å². The van der Waals surface area contributed by atoms with Gasteiger partial charge in [0, 0.05) is 12.4 Å². The number of carboxylic acid groups (broad SMARTS) is 2. The van der Waals surface area contributed by atoms with Gasteiger partial charge in [0.2, 0.25) is 0 Å². The molecule has 1 aromatic rings. The Balaban J connectivity index is 3.03. The van der Waals surface area contributed by atoms with E-state index in [0.29, 0.717) is 18.5 Å². The van der Waals surface area contributed by atoms with Crippen molar-refractivity contribution in [2.45, 2.75) is 6.18 Å². The van der Waals surface area contributed by atoms with Gasteiger partial charge in [-0.05, 0) is 6.07 Å². The molecular weight excluding hydrogens is 285 g/mol. The number of aromatic hydroxyl groups is 1. The molecule has 0 radical (unpaired) electrons. The van der Waals surface area contributed by atoms with Crippen LogP contribution in [0.1, 0.15) is 5.56 Å². The largest absolute Gasteiger partial charge is 0.504 e. The number of halogens is 3. The van der Waals surface area contributed by atoms with Gasteiger partial charge in [-0.15, -0.1) is 0 Å². The molecule has 0 aliphatic carbocycles. The molecular formula is C10H7F3N2O5. The maximum atomic E-state index is 12.3. The summed E-state index contributed by atoms with van der Waals surface area (Å²) in [5.41, 5.74) is -2.28. The Morgan fingerprint density at radius 1 is 1.25 bits per heavy atom. The van der Waals surface area contributed by atoms with Crippen molar-refractivity contribution in [1.82, 2.24) is 4.98 Å². The quantitative estimate of drug-likeness (QED) is 0.374. The summed E-state index contributed by atoms with van der Waals surface area (Å²) >= 11 is 0. The van der Waals surface area contributed by atoms with Crippen LogP contribution in [0.3, 0.4) is 0 Å². The molecule has 1 aromatic heterocycles. The summed E-state index contributed by atoms with van der Waals surface area (Å²) in [4.78, 5) is 24.2. The summed E-state index contributed by atoms with van der Waals surface area (Å²) in [7, 11) is 0. The summed E-state index contributed by atoms with van der Waals surface area (Å²) in [5.74, 6) is -4.96. The summed E-state index contributed by atoms with van der Waals surface area (Å²) in [6.45, 7) is 0. The average molecular weight is 292 g/mol. The van der Waals surface area contributed by atoms with Crippen LogP contribution in [0.25, 0.3) is 0 Å². The molecule has 0 aliphatic heterocycles. The highest BCUT2D eigenvalue weighted by Gasteiger charge is 2.31. The molecule has 10 heteroatoms. The van der Waals surface area contributed by atoms with Gasteiger partial charge in [0.25, 0.3) is 0 Å². The number of carbonyl (C=O) groups is 2. The highest BCUT2D eigenvalue weighted by molar-refractivity contribution is 6.12. The normalized spacial score (nSPS) is 10.8. The minimum Gasteiger partial charge on any atom is -0.504 e. The lowest BCUT2D eigenvalue weighted by Gasteiger charge is -2.09. The lowest BCUT2D eigenvalue weighted by atomic mass is 10.2. The molecule has 0 aliphatic rings. The van der Waals surface area contributed by atoms with Gasteiger partial charge in [0.15, 0.2) is 17.1 Å². The third-order valence-corrected chi connectivity index (χ3v) is 2.01. The second-order valence-corrected chi connectivity index (χ2v) is 3.40. The van der Waals surface area contributed by atoms with Gasteiger partial charge in [0.05, 0.1) is 5.56 Å². The van der Waals surface area contributed by atoms with E-state index in [2.05, 4.69) is 4.98 Å². The highest BCUT2D eigenvalue weighted by Crippen LogP contribution is 2.32. The molecule has 0 atom stereocenters. The minimum absolute atomic E-state index is 0.365. The number of pyridine rings is 1. The van der Waals surface area contributed by atoms with Crippen LogP contribution in [0.2, 0.25) is 0 Å². The van der Waals surface area contributed by atoms with Crippen LogP contribution in [0.15, 0.2) is 24.0 Å². The molecule has 0 saturated heterocycles. The van der Waals surface area contributed by atoms with Crippen molar-refractivity contribution < 1.29 is 38.1 Å². The summed E-state index contributed by atoms with van der Waals surface area (Å²) in [5, 5.41) is 28.3. The van der Waals surface area contributed by atoms with Gasteiger partial charge in [-0.1, -0.05) is 0 Å². The smallest absolute Gasteiger partial charge is 0.418 e. The predicted octanol–water partition coefficient (Wildman–Crippen LogP) is 1.27. The second-order valence-electron chi connectivity index (χ2n) is 3.40. The van der Waals surface area contributed by atoms with Crippen molar-refractivity contribution in [3.8, 4) is 5.75 Å². The predicted molar refractivity (Wildman–Crippen MR) is 57.9 cm³/mol. The number of carboxylic acids is 2. The molecule has 20 heavy (non-hydrogen) atoms. The third-order valence-electron chi connectivity index (χ3n) is 2.01. The van der Waals surface area contributed by atoms with E-state index in [1.165, 1.54) is 0 Å². The Kier molecular flexibility index (Phi) is 4.17. The van der Waals surface area contributed by atoms with E-state index in [1.54, 1.807) is 0 Å². The van der Waals surface area contributed by atoms with Crippen molar-refractivity contribution in [3.63, 3.8) is 0 Å². The Hall–Kier alpha value is -2.78. The van der Waals surface area contributed by atoms with E-state index in [4.69, 9.17) is 10.2 Å². The molecule has 0 spiro atoms. The third kappa shape index (κ3) is 3.60. The number of nitrogens with one attached hydrogen (secondary N) is 1. The van der Waals surface area contributed by atoms with Gasteiger partial charge < -0.3 is 20.6 Å². The number of anilines is 1. The number of rotatable bonds is 4. The van der Waals surface area contributed by atoms with Crippen LogP contribution in [-0.2, 0) is 15.8 Å². The van der Waals surface area contributed by atoms with E-state index in [0.717, 1.165) is 0 Å². The van der Waals surface area contributed by atoms with Crippen molar-refractivity contribution in [3.05, 3.63) is 29.6 Å². The zero-order chi connectivity index (χ0) is 15.5. The Morgan fingerprint density at radius 3 is 2.20 bits per heavy atom. The first-order valence-electron chi connectivity index (χ1n) is 4.82. The van der Waals surface area contributed by atoms with Crippen molar-refractivity contribution in [2.75, 3.05) is 5.32 Å². The molecule has 4 N–H and O–H groups in total. The molecule has 0 unspecified atom stereocenters. The average Bonchev–Trinajstić information content (AvgIpc) is 2.28. The molecule has 1 rings (SSSR count). The molecule has 1 heterocycles. The Labute approximate surface area is 109 Å². The van der Waals surface area contributed by atoms with Crippen molar-refractivity contribution in [2.24, 2.45) is 0 Å². The fourth-order valence-corrected chi connectivity index (χ4v) is 1.07. The van der Waals surface area contributed by atoms with Gasteiger partial charge in [0.1, 0.15) is 0 Å². The van der Waals surface area contributed by atoms with Crippen LogP contribution >= 0.6 is 0 Å². The maximum Gasteiger partial charge on any atom is 0.418 e. The molecule has 0 amide bonds. The molecule has 108 valence electrons. The molecule has 0 fully saturated rings. The van der Waals surface area contributed by atoms with Crippen LogP contribution < -0.4 is 5.32 Å². The van der Waals surface area contributed by atoms with Crippen LogP contribution in [0.5, 0.6) is 5.75 Å². The number of hydrogen-bond acceptors (Lipinski definition) is 5. The first kappa shape index (κ1) is 15.3. The maximum absolute atomic E-state index is 12.3. The van der Waals surface area contributed by atoms with E-state index in [9.17, 15) is 27.9 Å². The van der Waals surface area contributed by atoms with Crippen molar-refractivity contribution >= 4 is 17.8 Å². The SMILES string of the molecule is O=C(O)C(=CNc1ncc(C(F)(F)F)cc1O)C(=O)O. The second kappa shape index (κ2) is 5.47. The first-order chi connectivity index (χ1) is 9.12. The standard InChI is InChI=1S/C10H7F3N2O5/c11-10(12,13)4-1-6(16)7(14-2-4)15-3-5(8(17)18)9(19)20/h1-3,16H,(H,14,15)(H,17,18)(H,19,20). The lowest BCUT2D eigenvalue weighted by molar-refractivity contribution is -0.140. The summed E-state index contributed by atoms with van der Waals surface area (Å²) in [6, 6.07) is 0.365. The topological polar surface area (TPSA) is 120 Å². The number of aromatic nitrogens is 1. The van der Waals surface area contributed by atoms with Crippen LogP contribution in [0, 0.1) is 0 Å².